The summed E-state index contributed by atoms with van der Waals surface area (Å²) in [5.41, 5.74) is 0.698. The normalized spacial score (nSPS) is 16.9. The number of β-amino-alcohol motifs (C(OH)–C–C–N with tert-alkyl or cyclic N) is 1. The second-order valence-electron chi connectivity index (χ2n) is 5.84. The van der Waals surface area contributed by atoms with Crippen molar-refractivity contribution in [2.75, 3.05) is 6.54 Å². The van der Waals surface area contributed by atoms with Gasteiger partial charge >= 0.3 is 6.36 Å². The minimum Gasteiger partial charge on any atom is -0.406 e. The molecule has 3 N–H and O–H groups in total. The van der Waals surface area contributed by atoms with Crippen molar-refractivity contribution in [3.05, 3.63) is 47.3 Å². The highest BCUT2D eigenvalue weighted by molar-refractivity contribution is 5.98. The van der Waals surface area contributed by atoms with Gasteiger partial charge in [0.25, 0.3) is 11.8 Å². The van der Waals surface area contributed by atoms with E-state index >= 15 is 0 Å². The van der Waals surface area contributed by atoms with Crippen LogP contribution in [0.1, 0.15) is 26.5 Å². The molecular formula is C16H15F3N4O4. The Morgan fingerprint density at radius 2 is 2.07 bits per heavy atom. The lowest BCUT2D eigenvalue weighted by Gasteiger charge is -2.09. The number of alkyl halides is 3. The SMILES string of the molecule is O=C(NCc1ccc(OC(F)(F)F)cc1)c1cc2n(n1)C[C@H](O)CNC2=O. The first-order valence-corrected chi connectivity index (χ1v) is 7.88. The number of aromatic nitrogens is 2. The van der Waals surface area contributed by atoms with Crippen molar-refractivity contribution in [2.24, 2.45) is 0 Å². The second kappa shape index (κ2) is 7.27. The standard InChI is InChI=1S/C16H15F3N4O4/c17-16(18,19)27-11-3-1-9(2-4-11)6-20-14(25)12-5-13-15(26)21-7-10(24)8-23(13)22-12/h1-5,10,24H,6-8H2,(H,20,25)(H,21,26)/t10-/m1/s1. The average Bonchev–Trinajstić information content (AvgIpc) is 2.96. The quantitative estimate of drug-likeness (QED) is 0.724. The third-order valence-corrected chi connectivity index (χ3v) is 3.74. The Kier molecular flexibility index (Phi) is 5.04. The van der Waals surface area contributed by atoms with E-state index in [4.69, 9.17) is 0 Å². The number of carbonyl (C=O) groups excluding carboxylic acids is 2. The van der Waals surface area contributed by atoms with E-state index in [2.05, 4.69) is 20.5 Å². The number of rotatable bonds is 4. The van der Waals surface area contributed by atoms with Crippen molar-refractivity contribution < 1.29 is 32.6 Å². The molecule has 11 heteroatoms. The van der Waals surface area contributed by atoms with E-state index in [1.54, 1.807) is 0 Å². The van der Waals surface area contributed by atoms with Crippen LogP contribution in [0.3, 0.4) is 0 Å². The van der Waals surface area contributed by atoms with E-state index in [0.717, 1.165) is 12.1 Å². The highest BCUT2D eigenvalue weighted by atomic mass is 19.4. The van der Waals surface area contributed by atoms with Crippen LogP contribution in [0, 0.1) is 0 Å². The number of fused-ring (bicyclic) bond motifs is 1. The summed E-state index contributed by atoms with van der Waals surface area (Å²) >= 11 is 0. The van der Waals surface area contributed by atoms with Crippen LogP contribution in [-0.4, -0.2) is 45.7 Å². The lowest BCUT2D eigenvalue weighted by atomic mass is 10.2. The fraction of sp³-hybridized carbons (Fsp3) is 0.312. The third kappa shape index (κ3) is 4.76. The van der Waals surface area contributed by atoms with E-state index in [-0.39, 0.29) is 36.8 Å². The number of benzene rings is 1. The molecule has 2 heterocycles. The van der Waals surface area contributed by atoms with Crippen molar-refractivity contribution in [3.8, 4) is 5.75 Å². The summed E-state index contributed by atoms with van der Waals surface area (Å²) in [6, 6.07) is 6.35. The number of amides is 2. The molecule has 2 amide bonds. The number of aliphatic hydroxyl groups excluding tert-OH is 1. The molecule has 27 heavy (non-hydrogen) atoms. The zero-order valence-electron chi connectivity index (χ0n) is 13.8. The number of nitrogens with one attached hydrogen (secondary N) is 2. The number of nitrogens with zero attached hydrogens (tertiary/aromatic N) is 2. The topological polar surface area (TPSA) is 105 Å². The van der Waals surface area contributed by atoms with E-state index in [1.165, 1.54) is 22.9 Å². The zero-order chi connectivity index (χ0) is 19.6. The molecule has 0 unspecified atom stereocenters. The number of hydrogen-bond acceptors (Lipinski definition) is 5. The van der Waals surface area contributed by atoms with Crippen LogP contribution < -0.4 is 15.4 Å². The van der Waals surface area contributed by atoms with E-state index in [1.807, 2.05) is 0 Å². The Hall–Kier alpha value is -3.08. The van der Waals surface area contributed by atoms with Gasteiger partial charge in [0.05, 0.1) is 12.6 Å². The lowest BCUT2D eigenvalue weighted by molar-refractivity contribution is -0.274. The maximum absolute atomic E-state index is 12.2. The molecule has 1 atom stereocenters. The number of carbonyl (C=O) groups is 2. The molecule has 0 bridgehead atoms. The first-order chi connectivity index (χ1) is 12.7. The molecule has 8 nitrogen and oxygen atoms in total. The molecule has 3 rings (SSSR count). The predicted molar refractivity (Wildman–Crippen MR) is 84.9 cm³/mol. The predicted octanol–water partition coefficient (Wildman–Crippen LogP) is 0.816. The summed E-state index contributed by atoms with van der Waals surface area (Å²) in [6.45, 7) is 0.210. The number of aliphatic hydroxyl groups is 1. The van der Waals surface area contributed by atoms with Gasteiger partial charge < -0.3 is 20.5 Å². The molecule has 144 valence electrons. The summed E-state index contributed by atoms with van der Waals surface area (Å²) in [6.07, 6.45) is -5.59. The molecule has 0 fully saturated rings. The van der Waals surface area contributed by atoms with Gasteiger partial charge in [0.15, 0.2) is 5.69 Å². The smallest absolute Gasteiger partial charge is 0.406 e. The van der Waals surface area contributed by atoms with Crippen molar-refractivity contribution in [2.45, 2.75) is 25.6 Å². The van der Waals surface area contributed by atoms with Gasteiger partial charge in [-0.1, -0.05) is 12.1 Å². The molecule has 0 radical (unpaired) electrons. The van der Waals surface area contributed by atoms with Gasteiger partial charge in [0.2, 0.25) is 0 Å². The molecule has 2 aromatic rings. The van der Waals surface area contributed by atoms with Gasteiger partial charge in [-0.2, -0.15) is 5.10 Å². The van der Waals surface area contributed by atoms with E-state index in [0.29, 0.717) is 5.56 Å². The van der Waals surface area contributed by atoms with Crippen molar-refractivity contribution in [1.82, 2.24) is 20.4 Å². The first kappa shape index (κ1) is 18.7. The van der Waals surface area contributed by atoms with Gasteiger partial charge in [0.1, 0.15) is 11.4 Å². The fourth-order valence-electron chi connectivity index (χ4n) is 2.50. The number of ether oxygens (including phenoxy) is 1. The van der Waals surface area contributed by atoms with Crippen LogP contribution in [-0.2, 0) is 13.1 Å². The van der Waals surface area contributed by atoms with Crippen LogP contribution in [0.4, 0.5) is 13.2 Å². The van der Waals surface area contributed by atoms with E-state index in [9.17, 15) is 27.9 Å². The summed E-state index contributed by atoms with van der Waals surface area (Å²) in [4.78, 5) is 24.1. The van der Waals surface area contributed by atoms with Gasteiger partial charge in [-0.15, -0.1) is 13.2 Å². The molecule has 0 spiro atoms. The van der Waals surface area contributed by atoms with Crippen LogP contribution in [0.15, 0.2) is 30.3 Å². The van der Waals surface area contributed by atoms with Crippen molar-refractivity contribution in [1.29, 1.82) is 0 Å². The fourth-order valence-corrected chi connectivity index (χ4v) is 2.50. The molecular weight excluding hydrogens is 369 g/mol. The molecule has 0 saturated heterocycles. The first-order valence-electron chi connectivity index (χ1n) is 7.88. The number of halogens is 3. The lowest BCUT2D eigenvalue weighted by Crippen LogP contribution is -2.30. The maximum atomic E-state index is 12.2. The Morgan fingerprint density at radius 1 is 1.37 bits per heavy atom. The largest absolute Gasteiger partial charge is 0.573 e. The monoisotopic (exact) mass is 384 g/mol. The molecule has 0 aliphatic carbocycles. The maximum Gasteiger partial charge on any atom is 0.573 e. The van der Waals surface area contributed by atoms with Gasteiger partial charge in [-0.3, -0.25) is 14.3 Å². The van der Waals surface area contributed by atoms with Crippen molar-refractivity contribution in [3.63, 3.8) is 0 Å². The molecule has 1 aromatic carbocycles. The zero-order valence-corrected chi connectivity index (χ0v) is 13.8. The third-order valence-electron chi connectivity index (χ3n) is 3.74. The van der Waals surface area contributed by atoms with E-state index < -0.39 is 24.3 Å². The minimum absolute atomic E-state index is 0.00808. The van der Waals surface area contributed by atoms with Gasteiger partial charge in [-0.25, -0.2) is 0 Å². The summed E-state index contributed by atoms with van der Waals surface area (Å²) in [5, 5.41) is 18.8. The summed E-state index contributed by atoms with van der Waals surface area (Å²) < 4.78 is 41.4. The molecule has 0 saturated carbocycles. The van der Waals surface area contributed by atoms with Crippen LogP contribution >= 0.6 is 0 Å². The van der Waals surface area contributed by atoms with Crippen LogP contribution in [0.5, 0.6) is 5.75 Å². The highest BCUT2D eigenvalue weighted by Gasteiger charge is 2.31. The molecule has 1 aliphatic heterocycles. The minimum atomic E-state index is -4.77. The Bertz CT molecular complexity index is 848. The molecule has 1 aromatic heterocycles. The number of hydrogen-bond donors (Lipinski definition) is 3. The Labute approximate surface area is 150 Å². The Morgan fingerprint density at radius 3 is 2.74 bits per heavy atom. The Balaban J connectivity index is 1.62. The highest BCUT2D eigenvalue weighted by Crippen LogP contribution is 2.22. The summed E-state index contributed by atoms with van der Waals surface area (Å²) in [5.74, 6) is -1.37. The van der Waals surface area contributed by atoms with Crippen LogP contribution in [0.2, 0.25) is 0 Å². The second-order valence-corrected chi connectivity index (χ2v) is 5.84. The van der Waals surface area contributed by atoms with Gasteiger partial charge in [0, 0.05) is 19.2 Å². The average molecular weight is 384 g/mol. The van der Waals surface area contributed by atoms with Gasteiger partial charge in [-0.05, 0) is 17.7 Å². The summed E-state index contributed by atoms with van der Waals surface area (Å²) in [7, 11) is 0. The van der Waals surface area contributed by atoms with Crippen LogP contribution in [0.25, 0.3) is 0 Å². The van der Waals surface area contributed by atoms with Crippen molar-refractivity contribution >= 4 is 11.8 Å². The molecule has 1 aliphatic rings.